The molecule has 9 nitrogen and oxygen atoms in total. The first-order valence-corrected chi connectivity index (χ1v) is 9.75. The van der Waals surface area contributed by atoms with Gasteiger partial charge in [0.05, 0.1) is 21.7 Å². The van der Waals surface area contributed by atoms with Crippen LogP contribution in [-0.2, 0) is 11.2 Å². The zero-order chi connectivity index (χ0) is 21.5. The molecule has 0 aliphatic carbocycles. The number of carbonyl (C=O) groups excluding carboxylic acids is 2. The highest BCUT2D eigenvalue weighted by Crippen LogP contribution is 2.21. The Labute approximate surface area is 175 Å². The molecule has 3 aromatic rings. The van der Waals surface area contributed by atoms with Gasteiger partial charge in [0.25, 0.3) is 11.6 Å². The number of nitrogens with one attached hydrogen (secondary N) is 2. The highest BCUT2D eigenvalue weighted by molar-refractivity contribution is 7.15. The van der Waals surface area contributed by atoms with Crippen molar-refractivity contribution < 1.29 is 14.5 Å². The highest BCUT2D eigenvalue weighted by Gasteiger charge is 2.15. The lowest BCUT2D eigenvalue weighted by atomic mass is 10.1. The zero-order valence-corrected chi connectivity index (χ0v) is 16.7. The van der Waals surface area contributed by atoms with Gasteiger partial charge in [-0.05, 0) is 30.7 Å². The molecular weight excluding hydrogens is 406 g/mol. The van der Waals surface area contributed by atoms with E-state index >= 15 is 0 Å². The Kier molecular flexibility index (Phi) is 6.60. The van der Waals surface area contributed by atoms with Crippen molar-refractivity contribution in [1.29, 1.82) is 0 Å². The number of amides is 2. The van der Waals surface area contributed by atoms with E-state index in [4.69, 9.17) is 0 Å². The summed E-state index contributed by atoms with van der Waals surface area (Å²) in [5.41, 5.74) is 0.738. The first kappa shape index (κ1) is 20.8. The van der Waals surface area contributed by atoms with Crippen molar-refractivity contribution in [2.24, 2.45) is 0 Å². The lowest BCUT2D eigenvalue weighted by molar-refractivity contribution is -0.385. The number of anilines is 2. The summed E-state index contributed by atoms with van der Waals surface area (Å²) in [6.07, 6.45) is 3.24. The molecule has 0 saturated carbocycles. The van der Waals surface area contributed by atoms with E-state index in [0.717, 1.165) is 5.01 Å². The van der Waals surface area contributed by atoms with E-state index in [-0.39, 0.29) is 11.3 Å². The van der Waals surface area contributed by atoms with Gasteiger partial charge < -0.3 is 5.32 Å². The first-order valence-electron chi connectivity index (χ1n) is 8.93. The molecule has 0 saturated heterocycles. The maximum absolute atomic E-state index is 12.6. The maximum atomic E-state index is 12.6. The van der Waals surface area contributed by atoms with Crippen molar-refractivity contribution in [2.75, 3.05) is 10.6 Å². The van der Waals surface area contributed by atoms with Gasteiger partial charge in [-0.25, -0.2) is 0 Å². The molecule has 2 amide bonds. The van der Waals surface area contributed by atoms with Crippen LogP contribution in [0.1, 0.15) is 27.9 Å². The monoisotopic (exact) mass is 423 g/mol. The number of carbonyl (C=O) groups is 2. The summed E-state index contributed by atoms with van der Waals surface area (Å²) < 4.78 is 0. The third-order valence-corrected chi connectivity index (χ3v) is 4.95. The predicted molar refractivity (Wildman–Crippen MR) is 114 cm³/mol. The molecule has 0 atom stereocenters. The third-order valence-electron chi connectivity index (χ3n) is 3.97. The Morgan fingerprint density at radius 3 is 2.57 bits per heavy atom. The van der Waals surface area contributed by atoms with Crippen LogP contribution in [0.5, 0.6) is 0 Å². The van der Waals surface area contributed by atoms with Crippen molar-refractivity contribution in [3.63, 3.8) is 0 Å². The number of benzene rings is 2. The SMILES string of the molecule is CCc1nnc(NC(=O)c2ccccc2NC(=O)/C=C/c2ccccc2[N+](=O)[O-])s1. The molecule has 0 radical (unpaired) electrons. The summed E-state index contributed by atoms with van der Waals surface area (Å²) in [4.78, 5) is 35.5. The fraction of sp³-hybridized carbons (Fsp3) is 0.100. The molecule has 0 spiro atoms. The van der Waals surface area contributed by atoms with Crippen LogP contribution in [0.4, 0.5) is 16.5 Å². The quantitative estimate of drug-likeness (QED) is 0.337. The number of aryl methyl sites for hydroxylation is 1. The fourth-order valence-corrected chi connectivity index (χ4v) is 3.21. The normalized spacial score (nSPS) is 10.7. The number of aromatic nitrogens is 2. The van der Waals surface area contributed by atoms with Crippen LogP contribution < -0.4 is 10.6 Å². The molecule has 152 valence electrons. The van der Waals surface area contributed by atoms with E-state index in [1.807, 2.05) is 6.92 Å². The molecule has 1 heterocycles. The van der Waals surface area contributed by atoms with E-state index in [0.29, 0.717) is 22.8 Å². The van der Waals surface area contributed by atoms with Gasteiger partial charge in [-0.3, -0.25) is 25.0 Å². The van der Waals surface area contributed by atoms with Crippen LogP contribution in [0.15, 0.2) is 54.6 Å². The van der Waals surface area contributed by atoms with Crippen LogP contribution in [-0.4, -0.2) is 26.9 Å². The first-order chi connectivity index (χ1) is 14.5. The molecule has 3 rings (SSSR count). The average molecular weight is 423 g/mol. The Hall–Kier alpha value is -3.92. The Balaban J connectivity index is 1.73. The largest absolute Gasteiger partial charge is 0.322 e. The number of nitro benzene ring substituents is 1. The van der Waals surface area contributed by atoms with E-state index in [1.54, 1.807) is 36.4 Å². The lowest BCUT2D eigenvalue weighted by Crippen LogP contribution is -2.17. The van der Waals surface area contributed by atoms with Crippen molar-refractivity contribution in [1.82, 2.24) is 10.2 Å². The number of hydrogen-bond acceptors (Lipinski definition) is 7. The molecule has 0 aliphatic rings. The van der Waals surface area contributed by atoms with E-state index < -0.39 is 16.7 Å². The maximum Gasteiger partial charge on any atom is 0.276 e. The molecular formula is C20H17N5O4S. The van der Waals surface area contributed by atoms with Gasteiger partial charge in [0.2, 0.25) is 11.0 Å². The number of nitro groups is 1. The molecule has 10 heteroatoms. The second kappa shape index (κ2) is 9.52. The molecule has 1 aromatic heterocycles. The van der Waals surface area contributed by atoms with Crippen molar-refractivity contribution in [2.45, 2.75) is 13.3 Å². The summed E-state index contributed by atoms with van der Waals surface area (Å²) in [7, 11) is 0. The van der Waals surface area contributed by atoms with Crippen molar-refractivity contribution in [3.8, 4) is 0 Å². The van der Waals surface area contributed by atoms with Gasteiger partial charge in [-0.15, -0.1) is 10.2 Å². The number of nitrogens with zero attached hydrogens (tertiary/aromatic N) is 3. The molecule has 0 fully saturated rings. The van der Waals surface area contributed by atoms with Crippen LogP contribution >= 0.6 is 11.3 Å². The van der Waals surface area contributed by atoms with E-state index in [2.05, 4.69) is 20.8 Å². The minimum Gasteiger partial charge on any atom is -0.322 e. The van der Waals surface area contributed by atoms with Crippen LogP contribution in [0, 0.1) is 10.1 Å². The summed E-state index contributed by atoms with van der Waals surface area (Å²) in [5, 5.41) is 25.4. The van der Waals surface area contributed by atoms with E-state index in [1.165, 1.54) is 35.6 Å². The summed E-state index contributed by atoms with van der Waals surface area (Å²) in [6.45, 7) is 1.94. The van der Waals surface area contributed by atoms with Crippen LogP contribution in [0.25, 0.3) is 6.08 Å². The number of rotatable bonds is 7. The van der Waals surface area contributed by atoms with Crippen molar-refractivity contribution >= 4 is 45.7 Å². The summed E-state index contributed by atoms with van der Waals surface area (Å²) >= 11 is 1.28. The predicted octanol–water partition coefficient (Wildman–Crippen LogP) is 3.91. The Morgan fingerprint density at radius 2 is 1.83 bits per heavy atom. The second-order valence-corrected chi connectivity index (χ2v) is 7.05. The average Bonchev–Trinajstić information content (AvgIpc) is 3.20. The Bertz CT molecular complexity index is 1130. The number of hydrogen-bond donors (Lipinski definition) is 2. The van der Waals surface area contributed by atoms with Gasteiger partial charge in [-0.2, -0.15) is 0 Å². The minimum atomic E-state index is -0.530. The Morgan fingerprint density at radius 1 is 1.10 bits per heavy atom. The second-order valence-electron chi connectivity index (χ2n) is 5.99. The summed E-state index contributed by atoms with van der Waals surface area (Å²) in [6, 6.07) is 12.6. The smallest absolute Gasteiger partial charge is 0.276 e. The highest BCUT2D eigenvalue weighted by atomic mass is 32.1. The molecule has 0 unspecified atom stereocenters. The van der Waals surface area contributed by atoms with E-state index in [9.17, 15) is 19.7 Å². The fourth-order valence-electron chi connectivity index (χ4n) is 2.54. The van der Waals surface area contributed by atoms with Gasteiger partial charge in [-0.1, -0.05) is 42.5 Å². The molecule has 2 N–H and O–H groups in total. The molecule has 30 heavy (non-hydrogen) atoms. The molecule has 0 aliphatic heterocycles. The van der Waals surface area contributed by atoms with Crippen LogP contribution in [0.2, 0.25) is 0 Å². The van der Waals surface area contributed by atoms with Gasteiger partial charge in [0, 0.05) is 12.1 Å². The molecule has 0 bridgehead atoms. The van der Waals surface area contributed by atoms with Crippen LogP contribution in [0.3, 0.4) is 0 Å². The van der Waals surface area contributed by atoms with Gasteiger partial charge in [0.1, 0.15) is 5.01 Å². The minimum absolute atomic E-state index is 0.107. The topological polar surface area (TPSA) is 127 Å². The molecule has 2 aromatic carbocycles. The van der Waals surface area contributed by atoms with Crippen molar-refractivity contribution in [3.05, 3.63) is 80.9 Å². The van der Waals surface area contributed by atoms with Gasteiger partial charge >= 0.3 is 0 Å². The van der Waals surface area contributed by atoms with Gasteiger partial charge in [0.15, 0.2) is 0 Å². The zero-order valence-electron chi connectivity index (χ0n) is 15.9. The number of para-hydroxylation sites is 2. The lowest BCUT2D eigenvalue weighted by Gasteiger charge is -2.09. The summed E-state index contributed by atoms with van der Waals surface area (Å²) in [5.74, 6) is -0.968. The third kappa shape index (κ3) is 5.11. The standard InChI is InChI=1S/C20H17N5O4S/c1-2-18-23-24-20(30-18)22-19(27)14-8-4-5-9-15(14)21-17(26)12-11-13-7-3-6-10-16(13)25(28)29/h3-12H,2H2,1H3,(H,21,26)(H,22,24,27)/b12-11+.